The number of ether oxygens (including phenoxy) is 1. The average Bonchev–Trinajstić information content (AvgIpc) is 2.37. The fourth-order valence-electron chi connectivity index (χ4n) is 1.30. The summed E-state index contributed by atoms with van der Waals surface area (Å²) in [5.74, 6) is -0.749. The lowest BCUT2D eigenvalue weighted by molar-refractivity contribution is -0.384. The van der Waals surface area contributed by atoms with Crippen LogP contribution in [0.25, 0.3) is 0 Å². The fourth-order valence-corrected chi connectivity index (χ4v) is 2.29. The molecule has 1 aromatic carbocycles. The van der Waals surface area contributed by atoms with Gasteiger partial charge in [-0.25, -0.2) is 8.42 Å². The second-order valence-electron chi connectivity index (χ2n) is 3.61. The van der Waals surface area contributed by atoms with Crippen molar-refractivity contribution in [1.82, 2.24) is 4.72 Å². The van der Waals surface area contributed by atoms with Crippen molar-refractivity contribution in [2.45, 2.75) is 11.8 Å². The van der Waals surface area contributed by atoms with E-state index in [0.717, 1.165) is 18.2 Å². The smallest absolute Gasteiger partial charge is 0.321 e. The number of nitro benzene ring substituents is 1. The van der Waals surface area contributed by atoms with Crippen molar-refractivity contribution in [1.29, 1.82) is 0 Å². The zero-order valence-electron chi connectivity index (χ0n) is 10.5. The van der Waals surface area contributed by atoms with Crippen LogP contribution in [-0.4, -0.2) is 32.5 Å². The Balaban J connectivity index is 2.96. The number of hydrogen-bond donors (Lipinski definition) is 2. The first kappa shape index (κ1) is 15.9. The summed E-state index contributed by atoms with van der Waals surface area (Å²) in [6.07, 6.45) is 0. The summed E-state index contributed by atoms with van der Waals surface area (Å²) in [7, 11) is -4.06. The van der Waals surface area contributed by atoms with Gasteiger partial charge in [-0.2, -0.15) is 4.72 Å². The van der Waals surface area contributed by atoms with Crippen LogP contribution < -0.4 is 10.5 Å². The molecule has 0 saturated carbocycles. The first-order valence-electron chi connectivity index (χ1n) is 5.47. The number of anilines is 1. The van der Waals surface area contributed by atoms with Gasteiger partial charge in [-0.05, 0) is 19.1 Å². The number of hydrogen-bond acceptors (Lipinski definition) is 7. The standard InChI is InChI=1S/C10H13N3O6S/c1-2-19-10(14)6-12-20(17,18)7-3-4-8(11)9(5-7)13(15)16/h3-5,12H,2,6,11H2,1H3. The van der Waals surface area contributed by atoms with Gasteiger partial charge in [-0.3, -0.25) is 14.9 Å². The number of nitro groups is 1. The van der Waals surface area contributed by atoms with Crippen LogP contribution in [0.3, 0.4) is 0 Å². The van der Waals surface area contributed by atoms with Crippen LogP contribution in [-0.2, 0) is 19.6 Å². The molecular weight excluding hydrogens is 290 g/mol. The van der Waals surface area contributed by atoms with Crippen molar-refractivity contribution in [2.24, 2.45) is 0 Å². The van der Waals surface area contributed by atoms with Gasteiger partial charge in [0.2, 0.25) is 10.0 Å². The minimum Gasteiger partial charge on any atom is -0.465 e. The number of nitrogens with one attached hydrogen (secondary N) is 1. The Morgan fingerprint density at radius 2 is 2.15 bits per heavy atom. The van der Waals surface area contributed by atoms with E-state index in [0.29, 0.717) is 0 Å². The van der Waals surface area contributed by atoms with E-state index in [2.05, 4.69) is 4.74 Å². The highest BCUT2D eigenvalue weighted by Gasteiger charge is 2.21. The number of benzene rings is 1. The maximum Gasteiger partial charge on any atom is 0.321 e. The fraction of sp³-hybridized carbons (Fsp3) is 0.300. The number of sulfonamides is 1. The van der Waals surface area contributed by atoms with Gasteiger partial charge >= 0.3 is 5.97 Å². The van der Waals surface area contributed by atoms with Gasteiger partial charge in [0.15, 0.2) is 0 Å². The number of nitrogens with two attached hydrogens (primary N) is 1. The van der Waals surface area contributed by atoms with Crippen molar-refractivity contribution in [3.8, 4) is 0 Å². The minimum absolute atomic E-state index is 0.119. The summed E-state index contributed by atoms with van der Waals surface area (Å²) in [6.45, 7) is 1.14. The quantitative estimate of drug-likeness (QED) is 0.326. The Labute approximate surface area is 114 Å². The van der Waals surface area contributed by atoms with Crippen molar-refractivity contribution >= 4 is 27.4 Å². The van der Waals surface area contributed by atoms with E-state index in [9.17, 15) is 23.3 Å². The number of nitrogens with zero attached hydrogens (tertiary/aromatic N) is 1. The predicted octanol–water partition coefficient (Wildman–Crippen LogP) is 0.0184. The third-order valence-electron chi connectivity index (χ3n) is 2.22. The number of nitrogen functional groups attached to an aromatic ring is 1. The Morgan fingerprint density at radius 1 is 1.50 bits per heavy atom. The van der Waals surface area contributed by atoms with E-state index < -0.39 is 33.1 Å². The van der Waals surface area contributed by atoms with Crippen LogP contribution >= 0.6 is 0 Å². The maximum absolute atomic E-state index is 11.8. The molecular formula is C10H13N3O6S. The molecule has 110 valence electrons. The lowest BCUT2D eigenvalue weighted by Crippen LogP contribution is -2.30. The molecule has 0 bridgehead atoms. The Hall–Kier alpha value is -2.20. The highest BCUT2D eigenvalue weighted by Crippen LogP contribution is 2.24. The Kier molecular flexibility index (Phi) is 5.00. The van der Waals surface area contributed by atoms with Crippen LogP contribution in [0.2, 0.25) is 0 Å². The van der Waals surface area contributed by atoms with Crippen LogP contribution in [0.5, 0.6) is 0 Å². The summed E-state index contributed by atoms with van der Waals surface area (Å²) < 4.78 is 30.2. The third kappa shape index (κ3) is 3.90. The molecule has 9 nitrogen and oxygen atoms in total. The van der Waals surface area contributed by atoms with Gasteiger partial charge < -0.3 is 10.5 Å². The maximum atomic E-state index is 11.8. The summed E-state index contributed by atoms with van der Waals surface area (Å²) in [4.78, 5) is 20.6. The van der Waals surface area contributed by atoms with E-state index >= 15 is 0 Å². The highest BCUT2D eigenvalue weighted by molar-refractivity contribution is 7.89. The van der Waals surface area contributed by atoms with Gasteiger partial charge in [0, 0.05) is 6.07 Å². The van der Waals surface area contributed by atoms with Crippen molar-refractivity contribution < 1.29 is 22.9 Å². The Bertz CT molecular complexity index is 628. The lowest BCUT2D eigenvalue weighted by Gasteiger charge is -2.07. The molecule has 0 aromatic heterocycles. The van der Waals surface area contributed by atoms with Crippen LogP contribution in [0.1, 0.15) is 6.92 Å². The molecule has 3 N–H and O–H groups in total. The molecule has 0 aliphatic carbocycles. The molecule has 10 heteroatoms. The molecule has 0 saturated heterocycles. The summed E-state index contributed by atoms with van der Waals surface area (Å²) >= 11 is 0. The number of esters is 1. The van der Waals surface area contributed by atoms with Gasteiger partial charge in [0.25, 0.3) is 5.69 Å². The molecule has 0 amide bonds. The van der Waals surface area contributed by atoms with Gasteiger partial charge in [-0.15, -0.1) is 0 Å². The molecule has 0 fully saturated rings. The van der Waals surface area contributed by atoms with Gasteiger partial charge in [0.05, 0.1) is 16.4 Å². The third-order valence-corrected chi connectivity index (χ3v) is 3.62. The minimum atomic E-state index is -4.06. The molecule has 0 atom stereocenters. The topological polar surface area (TPSA) is 142 Å². The van der Waals surface area contributed by atoms with Crippen molar-refractivity contribution in [3.63, 3.8) is 0 Å². The molecule has 0 aliphatic rings. The van der Waals surface area contributed by atoms with E-state index in [4.69, 9.17) is 5.73 Å². The van der Waals surface area contributed by atoms with Crippen molar-refractivity contribution in [3.05, 3.63) is 28.3 Å². The van der Waals surface area contributed by atoms with Crippen LogP contribution in [0.4, 0.5) is 11.4 Å². The first-order chi connectivity index (χ1) is 9.27. The predicted molar refractivity (Wildman–Crippen MR) is 69.3 cm³/mol. The summed E-state index contributed by atoms with van der Waals surface area (Å²) in [6, 6.07) is 3.04. The van der Waals surface area contributed by atoms with Gasteiger partial charge in [-0.1, -0.05) is 0 Å². The van der Waals surface area contributed by atoms with E-state index in [1.165, 1.54) is 0 Å². The molecule has 0 radical (unpaired) electrons. The normalized spacial score (nSPS) is 11.1. The van der Waals surface area contributed by atoms with Crippen LogP contribution in [0.15, 0.2) is 23.1 Å². The largest absolute Gasteiger partial charge is 0.465 e. The number of rotatable bonds is 6. The number of carbonyl (C=O) groups is 1. The van der Waals surface area contributed by atoms with E-state index in [1.807, 2.05) is 4.72 Å². The van der Waals surface area contributed by atoms with E-state index in [-0.39, 0.29) is 17.2 Å². The molecule has 0 heterocycles. The summed E-state index contributed by atoms with van der Waals surface area (Å²) in [5.41, 5.74) is 4.69. The first-order valence-corrected chi connectivity index (χ1v) is 6.95. The monoisotopic (exact) mass is 303 g/mol. The van der Waals surface area contributed by atoms with Gasteiger partial charge in [0.1, 0.15) is 12.2 Å². The number of carbonyl (C=O) groups excluding carboxylic acids is 1. The zero-order valence-corrected chi connectivity index (χ0v) is 11.3. The molecule has 1 aromatic rings. The van der Waals surface area contributed by atoms with E-state index in [1.54, 1.807) is 6.92 Å². The molecule has 0 spiro atoms. The highest BCUT2D eigenvalue weighted by atomic mass is 32.2. The summed E-state index contributed by atoms with van der Waals surface area (Å²) in [5, 5.41) is 10.7. The Morgan fingerprint density at radius 3 is 2.70 bits per heavy atom. The van der Waals surface area contributed by atoms with Crippen LogP contribution in [0, 0.1) is 10.1 Å². The zero-order chi connectivity index (χ0) is 15.3. The molecule has 0 aliphatic heterocycles. The molecule has 20 heavy (non-hydrogen) atoms. The SMILES string of the molecule is CCOC(=O)CNS(=O)(=O)c1ccc(N)c([N+](=O)[O-])c1. The molecule has 1 rings (SSSR count). The van der Waals surface area contributed by atoms with Crippen molar-refractivity contribution in [2.75, 3.05) is 18.9 Å². The average molecular weight is 303 g/mol. The molecule has 0 unspecified atom stereocenters. The second-order valence-corrected chi connectivity index (χ2v) is 5.37. The second kappa shape index (κ2) is 6.30. The lowest BCUT2D eigenvalue weighted by atomic mass is 10.3.